The van der Waals surface area contributed by atoms with E-state index in [0.29, 0.717) is 16.3 Å². The van der Waals surface area contributed by atoms with E-state index in [-0.39, 0.29) is 12.0 Å². The zero-order chi connectivity index (χ0) is 13.8. The average Bonchev–Trinajstić information content (AvgIpc) is 2.77. The highest BCUT2D eigenvalue weighted by atomic mass is 79.9. The number of amides is 1. The van der Waals surface area contributed by atoms with Crippen LogP contribution in [0.15, 0.2) is 40.2 Å². The van der Waals surface area contributed by atoms with Crippen molar-refractivity contribution in [2.24, 2.45) is 0 Å². The Morgan fingerprint density at radius 1 is 1.32 bits per heavy atom. The molecule has 1 N–H and O–H groups in total. The van der Waals surface area contributed by atoms with Gasteiger partial charge >= 0.3 is 0 Å². The molecule has 2 rings (SSSR count). The number of ether oxygens (including phenoxy) is 1. The smallest absolute Gasteiger partial charge is 0.266 e. The summed E-state index contributed by atoms with van der Waals surface area (Å²) in [5, 5.41) is 4.75. The van der Waals surface area contributed by atoms with Crippen LogP contribution in [-0.4, -0.2) is 12.0 Å². The molecule has 1 aromatic heterocycles. The molecule has 19 heavy (non-hydrogen) atoms. The lowest BCUT2D eigenvalue weighted by atomic mass is 10.2. The molecular weight excluding hydrogens is 326 g/mol. The van der Waals surface area contributed by atoms with E-state index in [1.165, 1.54) is 11.3 Å². The Morgan fingerprint density at radius 2 is 2.05 bits per heavy atom. The normalized spacial score (nSPS) is 10.5. The molecule has 0 spiro atoms. The maximum absolute atomic E-state index is 12.1. The number of carbonyl (C=O) groups is 1. The number of anilines is 1. The molecule has 0 saturated heterocycles. The standard InChI is InChI=1S/C14H14BrNO2S/c1-9(2)18-12-6-4-3-5-11(12)16-14(17)13-10(15)7-8-19-13/h3-9H,1-2H3,(H,16,17). The van der Waals surface area contributed by atoms with Gasteiger partial charge in [-0.3, -0.25) is 4.79 Å². The molecule has 0 fully saturated rings. The number of nitrogens with one attached hydrogen (secondary N) is 1. The van der Waals surface area contributed by atoms with Crippen molar-refractivity contribution < 1.29 is 9.53 Å². The Bertz CT molecular complexity index is 580. The lowest BCUT2D eigenvalue weighted by Gasteiger charge is -2.14. The molecule has 2 aromatic rings. The van der Waals surface area contributed by atoms with Crippen LogP contribution < -0.4 is 10.1 Å². The Morgan fingerprint density at radius 3 is 2.68 bits per heavy atom. The van der Waals surface area contributed by atoms with Crippen molar-refractivity contribution in [3.8, 4) is 5.75 Å². The number of carbonyl (C=O) groups excluding carboxylic acids is 1. The number of halogens is 1. The third-order valence-electron chi connectivity index (χ3n) is 2.32. The fraction of sp³-hybridized carbons (Fsp3) is 0.214. The first-order chi connectivity index (χ1) is 9.08. The fourth-order valence-electron chi connectivity index (χ4n) is 1.56. The third-order valence-corrected chi connectivity index (χ3v) is 4.16. The molecule has 3 nitrogen and oxygen atoms in total. The van der Waals surface area contributed by atoms with E-state index in [2.05, 4.69) is 21.2 Å². The number of hydrogen-bond acceptors (Lipinski definition) is 3. The number of rotatable bonds is 4. The summed E-state index contributed by atoms with van der Waals surface area (Å²) < 4.78 is 6.47. The first-order valence-corrected chi connectivity index (χ1v) is 7.55. The summed E-state index contributed by atoms with van der Waals surface area (Å²) in [6.45, 7) is 3.91. The fourth-order valence-corrected chi connectivity index (χ4v) is 3.01. The summed E-state index contributed by atoms with van der Waals surface area (Å²) in [7, 11) is 0. The molecule has 1 amide bonds. The van der Waals surface area contributed by atoms with Crippen molar-refractivity contribution in [2.75, 3.05) is 5.32 Å². The van der Waals surface area contributed by atoms with Crippen LogP contribution in [0.25, 0.3) is 0 Å². The first-order valence-electron chi connectivity index (χ1n) is 5.88. The molecule has 1 aromatic carbocycles. The highest BCUT2D eigenvalue weighted by Gasteiger charge is 2.14. The van der Waals surface area contributed by atoms with Gasteiger partial charge in [0.15, 0.2) is 0 Å². The zero-order valence-corrected chi connectivity index (χ0v) is 13.0. The molecule has 0 radical (unpaired) electrons. The van der Waals surface area contributed by atoms with Gasteiger partial charge in [0.2, 0.25) is 0 Å². The lowest BCUT2D eigenvalue weighted by molar-refractivity contribution is 0.102. The van der Waals surface area contributed by atoms with E-state index < -0.39 is 0 Å². The number of hydrogen-bond donors (Lipinski definition) is 1. The number of benzene rings is 1. The van der Waals surface area contributed by atoms with Crippen LogP contribution in [0.3, 0.4) is 0 Å². The third kappa shape index (κ3) is 3.58. The van der Waals surface area contributed by atoms with Crippen molar-refractivity contribution in [1.82, 2.24) is 0 Å². The maximum Gasteiger partial charge on any atom is 0.266 e. The van der Waals surface area contributed by atoms with Crippen molar-refractivity contribution in [1.29, 1.82) is 0 Å². The first kappa shape index (κ1) is 14.1. The van der Waals surface area contributed by atoms with Crippen LogP contribution >= 0.6 is 27.3 Å². The Hall–Kier alpha value is -1.33. The summed E-state index contributed by atoms with van der Waals surface area (Å²) in [5.41, 5.74) is 0.682. The van der Waals surface area contributed by atoms with Gasteiger partial charge < -0.3 is 10.1 Å². The van der Waals surface area contributed by atoms with Crippen LogP contribution in [0.5, 0.6) is 5.75 Å². The summed E-state index contributed by atoms with van der Waals surface area (Å²) in [6.07, 6.45) is 0.0616. The van der Waals surface area contributed by atoms with Crippen LogP contribution in [0.4, 0.5) is 5.69 Å². The minimum atomic E-state index is -0.137. The number of thiophene rings is 1. The highest BCUT2D eigenvalue weighted by molar-refractivity contribution is 9.10. The molecule has 0 aliphatic heterocycles. The van der Waals surface area contributed by atoms with Crippen molar-refractivity contribution >= 4 is 38.9 Å². The van der Waals surface area contributed by atoms with Crippen LogP contribution in [0, 0.1) is 0 Å². The molecule has 1 heterocycles. The monoisotopic (exact) mass is 339 g/mol. The minimum Gasteiger partial charge on any atom is -0.489 e. The van der Waals surface area contributed by atoms with Gasteiger partial charge in [0, 0.05) is 4.47 Å². The van der Waals surface area contributed by atoms with E-state index in [0.717, 1.165) is 4.47 Å². The Balaban J connectivity index is 2.19. The van der Waals surface area contributed by atoms with Gasteiger partial charge in [0.25, 0.3) is 5.91 Å². The zero-order valence-electron chi connectivity index (χ0n) is 10.6. The van der Waals surface area contributed by atoms with Crippen molar-refractivity contribution in [3.05, 3.63) is 45.1 Å². The number of para-hydroxylation sites is 2. The molecule has 0 saturated carbocycles. The lowest BCUT2D eigenvalue weighted by Crippen LogP contribution is -2.13. The van der Waals surface area contributed by atoms with E-state index in [9.17, 15) is 4.79 Å². The predicted octanol–water partition coefficient (Wildman–Crippen LogP) is 4.55. The second kappa shape index (κ2) is 6.21. The molecule has 0 aliphatic rings. The van der Waals surface area contributed by atoms with E-state index in [1.807, 2.05) is 49.6 Å². The van der Waals surface area contributed by atoms with Gasteiger partial charge in [-0.15, -0.1) is 11.3 Å². The quantitative estimate of drug-likeness (QED) is 0.887. The van der Waals surface area contributed by atoms with Gasteiger partial charge in [0.05, 0.1) is 11.8 Å². The highest BCUT2D eigenvalue weighted by Crippen LogP contribution is 2.28. The minimum absolute atomic E-state index is 0.0616. The SMILES string of the molecule is CC(C)Oc1ccccc1NC(=O)c1sccc1Br. The summed E-state index contributed by atoms with van der Waals surface area (Å²) in [6, 6.07) is 9.28. The van der Waals surface area contributed by atoms with Gasteiger partial charge in [-0.2, -0.15) is 0 Å². The van der Waals surface area contributed by atoms with Gasteiger partial charge in [-0.25, -0.2) is 0 Å². The predicted molar refractivity (Wildman–Crippen MR) is 82.2 cm³/mol. The van der Waals surface area contributed by atoms with Crippen LogP contribution in [0.2, 0.25) is 0 Å². The molecule has 0 atom stereocenters. The van der Waals surface area contributed by atoms with Crippen molar-refractivity contribution in [3.63, 3.8) is 0 Å². The molecule has 100 valence electrons. The summed E-state index contributed by atoms with van der Waals surface area (Å²) in [4.78, 5) is 12.8. The van der Waals surface area contributed by atoms with Gasteiger partial charge in [-0.1, -0.05) is 12.1 Å². The van der Waals surface area contributed by atoms with E-state index in [1.54, 1.807) is 0 Å². The average molecular weight is 340 g/mol. The van der Waals surface area contributed by atoms with Crippen LogP contribution in [0.1, 0.15) is 23.5 Å². The molecule has 0 unspecified atom stereocenters. The molecule has 0 aliphatic carbocycles. The topological polar surface area (TPSA) is 38.3 Å². The second-order valence-corrected chi connectivity index (χ2v) is 5.99. The Labute approximate surface area is 124 Å². The summed E-state index contributed by atoms with van der Waals surface area (Å²) >= 11 is 4.75. The van der Waals surface area contributed by atoms with E-state index in [4.69, 9.17) is 4.74 Å². The molecule has 0 bridgehead atoms. The largest absolute Gasteiger partial charge is 0.489 e. The van der Waals surface area contributed by atoms with Crippen molar-refractivity contribution in [2.45, 2.75) is 20.0 Å². The van der Waals surface area contributed by atoms with Gasteiger partial charge in [-0.05, 0) is 53.4 Å². The van der Waals surface area contributed by atoms with Gasteiger partial charge in [0.1, 0.15) is 10.6 Å². The second-order valence-electron chi connectivity index (χ2n) is 4.21. The Kier molecular flexibility index (Phi) is 4.61. The molecular formula is C14H14BrNO2S. The maximum atomic E-state index is 12.1. The molecule has 5 heteroatoms. The summed E-state index contributed by atoms with van der Waals surface area (Å²) in [5.74, 6) is 0.542. The van der Waals surface area contributed by atoms with Crippen LogP contribution in [-0.2, 0) is 0 Å². The van der Waals surface area contributed by atoms with E-state index >= 15 is 0 Å².